The fourth-order valence-electron chi connectivity index (χ4n) is 5.76. The number of nitriles is 1. The van der Waals surface area contributed by atoms with Gasteiger partial charge in [0.1, 0.15) is 11.8 Å². The van der Waals surface area contributed by atoms with Gasteiger partial charge in [0, 0.05) is 37.9 Å². The van der Waals surface area contributed by atoms with Gasteiger partial charge in [0.2, 0.25) is 5.91 Å². The number of pyridine rings is 1. The lowest BCUT2D eigenvalue weighted by Crippen LogP contribution is -2.62. The Morgan fingerprint density at radius 3 is 2.49 bits per heavy atom. The van der Waals surface area contributed by atoms with Crippen molar-refractivity contribution in [3.63, 3.8) is 0 Å². The summed E-state index contributed by atoms with van der Waals surface area (Å²) in [6, 6.07) is 16.7. The molecule has 2 saturated heterocycles. The third kappa shape index (κ3) is 5.72. The van der Waals surface area contributed by atoms with E-state index in [0.717, 1.165) is 47.8 Å². The highest BCUT2D eigenvalue weighted by Crippen LogP contribution is 2.40. The van der Waals surface area contributed by atoms with Crippen molar-refractivity contribution in [2.45, 2.75) is 37.4 Å². The van der Waals surface area contributed by atoms with E-state index in [1.54, 1.807) is 6.20 Å². The van der Waals surface area contributed by atoms with Crippen LogP contribution in [0.15, 0.2) is 60.8 Å². The van der Waals surface area contributed by atoms with E-state index in [1.165, 1.54) is 6.07 Å². The van der Waals surface area contributed by atoms with Crippen molar-refractivity contribution in [1.29, 1.82) is 5.26 Å². The molecule has 41 heavy (non-hydrogen) atoms. The molecule has 0 radical (unpaired) electrons. The zero-order valence-corrected chi connectivity index (χ0v) is 23.0. The number of likely N-dealkylation sites (N-methyl/N-ethyl adjacent to an activating group) is 1. The van der Waals surface area contributed by atoms with Crippen LogP contribution in [0.25, 0.3) is 11.3 Å². The Kier molecular flexibility index (Phi) is 7.91. The summed E-state index contributed by atoms with van der Waals surface area (Å²) in [5.74, 6) is 0.655. The standard InChI is InChI=1S/C31H32F3N5O2/c1-3-41-28-7-5-4-6-25(28)26-10-8-23(18-36-26)30(29(40)37-24-19-38(2)20-24)12-14-39(15-13-30)27-11-9-22(31(32,33)34)16-21(27)17-35/h4-11,16,18,24H,3,12-15,19-20H2,1-2H3,(H,37,40). The van der Waals surface area contributed by atoms with Crippen LogP contribution in [0.5, 0.6) is 5.75 Å². The molecule has 3 heterocycles. The Bertz CT molecular complexity index is 1440. The summed E-state index contributed by atoms with van der Waals surface area (Å²) in [5, 5.41) is 12.8. The molecular weight excluding hydrogens is 531 g/mol. The lowest BCUT2D eigenvalue weighted by molar-refractivity contribution is -0.137. The van der Waals surface area contributed by atoms with Gasteiger partial charge in [-0.15, -0.1) is 0 Å². The van der Waals surface area contributed by atoms with Gasteiger partial charge >= 0.3 is 6.18 Å². The number of hydrogen-bond acceptors (Lipinski definition) is 6. The predicted molar refractivity (Wildman–Crippen MR) is 150 cm³/mol. The number of para-hydroxylation sites is 1. The number of carbonyl (C=O) groups is 1. The van der Waals surface area contributed by atoms with Gasteiger partial charge in [0.15, 0.2) is 0 Å². The van der Waals surface area contributed by atoms with Crippen LogP contribution in [0, 0.1) is 11.3 Å². The number of nitrogens with zero attached hydrogens (tertiary/aromatic N) is 4. The van der Waals surface area contributed by atoms with Crippen LogP contribution >= 0.6 is 0 Å². The van der Waals surface area contributed by atoms with Crippen LogP contribution in [0.2, 0.25) is 0 Å². The quantitative estimate of drug-likeness (QED) is 0.436. The maximum Gasteiger partial charge on any atom is 0.416 e. The monoisotopic (exact) mass is 563 g/mol. The minimum Gasteiger partial charge on any atom is -0.493 e. The van der Waals surface area contributed by atoms with Crippen LogP contribution in [-0.4, -0.2) is 61.7 Å². The number of anilines is 1. The summed E-state index contributed by atoms with van der Waals surface area (Å²) >= 11 is 0. The number of hydrogen-bond donors (Lipinski definition) is 1. The zero-order valence-electron chi connectivity index (χ0n) is 23.0. The highest BCUT2D eigenvalue weighted by molar-refractivity contribution is 5.89. The second kappa shape index (κ2) is 11.4. The molecule has 5 rings (SSSR count). The SMILES string of the molecule is CCOc1ccccc1-c1ccc(C2(C(=O)NC3CN(C)C3)CCN(c3ccc(C(F)(F)F)cc3C#N)CC2)cn1. The third-order valence-electron chi connectivity index (χ3n) is 8.01. The molecule has 1 amide bonds. The second-order valence-electron chi connectivity index (χ2n) is 10.7. The summed E-state index contributed by atoms with van der Waals surface area (Å²) in [6.07, 6.45) is -1.94. The normalized spacial score (nSPS) is 17.4. The van der Waals surface area contributed by atoms with E-state index >= 15 is 0 Å². The summed E-state index contributed by atoms with van der Waals surface area (Å²) in [6.45, 7) is 4.79. The summed E-state index contributed by atoms with van der Waals surface area (Å²) in [7, 11) is 2.00. The zero-order chi connectivity index (χ0) is 29.2. The maximum absolute atomic E-state index is 13.9. The van der Waals surface area contributed by atoms with E-state index in [2.05, 4.69) is 10.2 Å². The molecule has 10 heteroatoms. The van der Waals surface area contributed by atoms with E-state index in [1.807, 2.05) is 61.3 Å². The molecule has 214 valence electrons. The third-order valence-corrected chi connectivity index (χ3v) is 8.01. The number of amides is 1. The van der Waals surface area contributed by atoms with Crippen molar-refractivity contribution in [1.82, 2.24) is 15.2 Å². The van der Waals surface area contributed by atoms with E-state index in [-0.39, 0.29) is 17.5 Å². The smallest absolute Gasteiger partial charge is 0.416 e. The Morgan fingerprint density at radius 1 is 1.15 bits per heavy atom. The highest BCUT2D eigenvalue weighted by Gasteiger charge is 2.45. The van der Waals surface area contributed by atoms with Gasteiger partial charge in [-0.1, -0.05) is 18.2 Å². The molecule has 1 aromatic heterocycles. The van der Waals surface area contributed by atoms with Crippen molar-refractivity contribution >= 4 is 11.6 Å². The average molecular weight is 564 g/mol. The number of ether oxygens (including phenoxy) is 1. The van der Waals surface area contributed by atoms with Crippen molar-refractivity contribution in [3.8, 4) is 23.1 Å². The summed E-state index contributed by atoms with van der Waals surface area (Å²) in [5.41, 5.74) is 1.06. The van der Waals surface area contributed by atoms with Gasteiger partial charge in [-0.3, -0.25) is 9.78 Å². The molecule has 3 aromatic rings. The highest BCUT2D eigenvalue weighted by atomic mass is 19.4. The Hall–Kier alpha value is -4.10. The number of rotatable bonds is 7. The molecule has 2 aromatic carbocycles. The summed E-state index contributed by atoms with van der Waals surface area (Å²) in [4.78, 5) is 22.6. The Balaban J connectivity index is 1.43. The number of benzene rings is 2. The van der Waals surface area contributed by atoms with Gasteiger partial charge in [0.25, 0.3) is 0 Å². The van der Waals surface area contributed by atoms with Crippen molar-refractivity contribution in [2.75, 3.05) is 44.7 Å². The Morgan fingerprint density at radius 2 is 1.88 bits per heavy atom. The molecule has 2 aliphatic heterocycles. The van der Waals surface area contributed by atoms with E-state index in [9.17, 15) is 23.2 Å². The van der Waals surface area contributed by atoms with Crippen LogP contribution in [0.3, 0.4) is 0 Å². The number of nitrogens with one attached hydrogen (secondary N) is 1. The molecule has 0 bridgehead atoms. The summed E-state index contributed by atoms with van der Waals surface area (Å²) < 4.78 is 45.5. The van der Waals surface area contributed by atoms with Gasteiger partial charge in [0.05, 0.1) is 40.6 Å². The van der Waals surface area contributed by atoms with Gasteiger partial charge in [-0.25, -0.2) is 0 Å². The first-order valence-electron chi connectivity index (χ1n) is 13.7. The number of alkyl halides is 3. The molecule has 0 aliphatic carbocycles. The van der Waals surface area contributed by atoms with Gasteiger partial charge < -0.3 is 19.9 Å². The molecular formula is C31H32F3N5O2. The molecule has 0 saturated carbocycles. The van der Waals surface area contributed by atoms with Crippen molar-refractivity contribution < 1.29 is 22.7 Å². The minimum atomic E-state index is -4.53. The second-order valence-corrected chi connectivity index (χ2v) is 10.7. The van der Waals surface area contributed by atoms with Crippen LogP contribution < -0.4 is 15.0 Å². The van der Waals surface area contributed by atoms with Crippen LogP contribution in [-0.2, 0) is 16.4 Å². The fraction of sp³-hybridized carbons (Fsp3) is 0.387. The molecule has 7 nitrogen and oxygen atoms in total. The largest absolute Gasteiger partial charge is 0.493 e. The maximum atomic E-state index is 13.9. The number of halogens is 3. The first kappa shape index (κ1) is 28.4. The molecule has 1 N–H and O–H groups in total. The number of likely N-dealkylation sites (tertiary alicyclic amines) is 1. The average Bonchev–Trinajstić information content (AvgIpc) is 2.96. The first-order valence-corrected chi connectivity index (χ1v) is 13.7. The minimum absolute atomic E-state index is 0.0340. The van der Waals surface area contributed by atoms with Gasteiger partial charge in [-0.2, -0.15) is 18.4 Å². The molecule has 0 spiro atoms. The molecule has 0 atom stereocenters. The van der Waals surface area contributed by atoms with Crippen LogP contribution in [0.4, 0.5) is 18.9 Å². The lowest BCUT2D eigenvalue weighted by atomic mass is 9.72. The topological polar surface area (TPSA) is 81.5 Å². The number of piperidine rings is 1. The predicted octanol–water partition coefficient (Wildman–Crippen LogP) is 5.01. The number of aromatic nitrogens is 1. The molecule has 2 fully saturated rings. The fourth-order valence-corrected chi connectivity index (χ4v) is 5.76. The number of carbonyl (C=O) groups excluding carboxylic acids is 1. The van der Waals surface area contributed by atoms with E-state index in [4.69, 9.17) is 9.72 Å². The Labute approximate surface area is 237 Å². The lowest BCUT2D eigenvalue weighted by Gasteiger charge is -2.44. The van der Waals surface area contributed by atoms with Crippen LogP contribution in [0.1, 0.15) is 36.5 Å². The van der Waals surface area contributed by atoms with E-state index in [0.29, 0.717) is 38.2 Å². The molecule has 0 unspecified atom stereocenters. The van der Waals surface area contributed by atoms with E-state index < -0.39 is 17.2 Å². The van der Waals surface area contributed by atoms with Crippen molar-refractivity contribution in [2.24, 2.45) is 0 Å². The first-order chi connectivity index (χ1) is 19.6. The molecule has 2 aliphatic rings. The van der Waals surface area contributed by atoms with Gasteiger partial charge in [-0.05, 0) is 68.8 Å². The van der Waals surface area contributed by atoms with Crippen molar-refractivity contribution in [3.05, 3.63) is 77.5 Å².